The SMILES string of the molecule is CS(=O)(=O)c1ccc(-c2ccc(C[C@@H](C#N)NC(=O)C3CCCCN3)cc2)cc1C#N. The van der Waals surface area contributed by atoms with Gasteiger partial charge in [-0.15, -0.1) is 0 Å². The molecule has 2 N–H and O–H groups in total. The molecule has 160 valence electrons. The van der Waals surface area contributed by atoms with Crippen molar-refractivity contribution in [3.05, 3.63) is 53.6 Å². The van der Waals surface area contributed by atoms with Gasteiger partial charge >= 0.3 is 0 Å². The van der Waals surface area contributed by atoms with Crippen molar-refractivity contribution in [3.8, 4) is 23.3 Å². The second kappa shape index (κ2) is 9.74. The zero-order valence-corrected chi connectivity index (χ0v) is 18.1. The number of carbonyl (C=O) groups excluding carboxylic acids is 1. The summed E-state index contributed by atoms with van der Waals surface area (Å²) >= 11 is 0. The Hall–Kier alpha value is -3.20. The standard InChI is InChI=1S/C23H24N4O3S/c1-31(29,30)22-10-9-18(13-19(22)14-24)17-7-5-16(6-8-17)12-20(15-25)27-23(28)21-4-2-3-11-26-21/h5-10,13,20-21,26H,2-4,11-12H2,1H3,(H,27,28)/t20-,21?/m0/s1. The summed E-state index contributed by atoms with van der Waals surface area (Å²) in [5.74, 6) is -0.141. The maximum Gasteiger partial charge on any atom is 0.238 e. The van der Waals surface area contributed by atoms with Gasteiger partial charge in [-0.2, -0.15) is 10.5 Å². The van der Waals surface area contributed by atoms with Crippen molar-refractivity contribution in [3.63, 3.8) is 0 Å². The summed E-state index contributed by atoms with van der Waals surface area (Å²) in [6.07, 6.45) is 4.30. The molecule has 3 rings (SSSR count). The zero-order chi connectivity index (χ0) is 22.4. The molecule has 1 aliphatic heterocycles. The number of rotatable bonds is 6. The molecule has 0 saturated carbocycles. The third-order valence-electron chi connectivity index (χ3n) is 5.33. The third kappa shape index (κ3) is 5.69. The first-order valence-electron chi connectivity index (χ1n) is 10.1. The van der Waals surface area contributed by atoms with Gasteiger partial charge in [-0.25, -0.2) is 8.42 Å². The number of amides is 1. The van der Waals surface area contributed by atoms with E-state index < -0.39 is 15.9 Å². The highest BCUT2D eigenvalue weighted by molar-refractivity contribution is 7.90. The van der Waals surface area contributed by atoms with Crippen molar-refractivity contribution in [2.45, 2.75) is 42.7 Å². The summed E-state index contributed by atoms with van der Waals surface area (Å²) in [7, 11) is -3.48. The van der Waals surface area contributed by atoms with Gasteiger partial charge in [-0.3, -0.25) is 4.79 Å². The third-order valence-corrected chi connectivity index (χ3v) is 6.48. The molecule has 1 aliphatic rings. The Morgan fingerprint density at radius 3 is 2.45 bits per heavy atom. The number of nitrogens with zero attached hydrogens (tertiary/aromatic N) is 2. The average Bonchev–Trinajstić information content (AvgIpc) is 2.78. The predicted molar refractivity (Wildman–Crippen MR) is 117 cm³/mol. The van der Waals surface area contributed by atoms with E-state index in [0.717, 1.165) is 48.8 Å². The van der Waals surface area contributed by atoms with Crippen LogP contribution in [-0.4, -0.2) is 39.2 Å². The smallest absolute Gasteiger partial charge is 0.238 e. The van der Waals surface area contributed by atoms with Crippen LogP contribution in [0, 0.1) is 22.7 Å². The van der Waals surface area contributed by atoms with Crippen molar-refractivity contribution in [1.82, 2.24) is 10.6 Å². The van der Waals surface area contributed by atoms with Crippen LogP contribution >= 0.6 is 0 Å². The van der Waals surface area contributed by atoms with E-state index in [1.54, 1.807) is 12.1 Å². The van der Waals surface area contributed by atoms with Crippen LogP contribution in [0.5, 0.6) is 0 Å². The Bertz CT molecular complexity index is 1140. The molecule has 2 aromatic carbocycles. The van der Waals surface area contributed by atoms with Crippen LogP contribution in [-0.2, 0) is 21.1 Å². The lowest BCUT2D eigenvalue weighted by molar-refractivity contribution is -0.124. The fraction of sp³-hybridized carbons (Fsp3) is 0.348. The fourth-order valence-corrected chi connectivity index (χ4v) is 4.49. The van der Waals surface area contributed by atoms with Gasteiger partial charge in [0, 0.05) is 12.7 Å². The van der Waals surface area contributed by atoms with Crippen LogP contribution in [0.4, 0.5) is 0 Å². The Labute approximate surface area is 182 Å². The number of hydrogen-bond acceptors (Lipinski definition) is 6. The van der Waals surface area contributed by atoms with Crippen LogP contribution in [0.15, 0.2) is 47.4 Å². The number of hydrogen-bond donors (Lipinski definition) is 2. The van der Waals surface area contributed by atoms with Crippen molar-refractivity contribution in [2.24, 2.45) is 0 Å². The lowest BCUT2D eigenvalue weighted by Gasteiger charge is -2.23. The first-order chi connectivity index (χ1) is 14.8. The molecule has 31 heavy (non-hydrogen) atoms. The summed E-state index contributed by atoms with van der Waals surface area (Å²) in [5, 5.41) is 24.7. The zero-order valence-electron chi connectivity index (χ0n) is 17.3. The van der Waals surface area contributed by atoms with Gasteiger partial charge in [-0.05, 0) is 48.2 Å². The van der Waals surface area contributed by atoms with E-state index in [-0.39, 0.29) is 22.4 Å². The first kappa shape index (κ1) is 22.5. The highest BCUT2D eigenvalue weighted by Gasteiger charge is 2.23. The van der Waals surface area contributed by atoms with E-state index in [1.165, 1.54) is 6.07 Å². The number of nitrogens with one attached hydrogen (secondary N) is 2. The van der Waals surface area contributed by atoms with Crippen LogP contribution in [0.3, 0.4) is 0 Å². The number of piperidine rings is 1. The molecule has 0 aliphatic carbocycles. The van der Waals surface area contributed by atoms with E-state index >= 15 is 0 Å². The summed E-state index contributed by atoms with van der Waals surface area (Å²) < 4.78 is 23.6. The topological polar surface area (TPSA) is 123 Å². The molecule has 1 heterocycles. The first-order valence-corrected chi connectivity index (χ1v) is 12.0. The van der Waals surface area contributed by atoms with Gasteiger partial charge in [0.15, 0.2) is 9.84 Å². The molecule has 7 nitrogen and oxygen atoms in total. The molecule has 0 radical (unpaired) electrons. The summed E-state index contributed by atoms with van der Waals surface area (Å²) in [6.45, 7) is 0.815. The maximum absolute atomic E-state index is 12.4. The van der Waals surface area contributed by atoms with Crippen molar-refractivity contribution >= 4 is 15.7 Å². The average molecular weight is 437 g/mol. The Morgan fingerprint density at radius 1 is 1.16 bits per heavy atom. The van der Waals surface area contributed by atoms with Gasteiger partial charge < -0.3 is 10.6 Å². The Balaban J connectivity index is 1.70. The molecule has 0 aromatic heterocycles. The number of sulfone groups is 1. The van der Waals surface area contributed by atoms with E-state index in [9.17, 15) is 23.7 Å². The van der Waals surface area contributed by atoms with Crippen LogP contribution in [0.25, 0.3) is 11.1 Å². The molecule has 1 fully saturated rings. The maximum atomic E-state index is 12.4. The molecule has 1 saturated heterocycles. The lowest BCUT2D eigenvalue weighted by Crippen LogP contribution is -2.49. The molecule has 0 spiro atoms. The molecule has 2 aromatic rings. The van der Waals surface area contributed by atoms with Gasteiger partial charge in [0.05, 0.1) is 22.6 Å². The minimum atomic E-state index is -3.48. The Morgan fingerprint density at radius 2 is 1.87 bits per heavy atom. The molecule has 0 bridgehead atoms. The van der Waals surface area contributed by atoms with Crippen LogP contribution in [0.2, 0.25) is 0 Å². The molecule has 1 unspecified atom stereocenters. The fourth-order valence-electron chi connectivity index (χ4n) is 3.67. The van der Waals surface area contributed by atoms with E-state index in [1.807, 2.05) is 30.3 Å². The van der Waals surface area contributed by atoms with Crippen LogP contribution in [0.1, 0.15) is 30.4 Å². The quantitative estimate of drug-likeness (QED) is 0.716. The van der Waals surface area contributed by atoms with Gasteiger partial charge in [-0.1, -0.05) is 36.8 Å². The minimum Gasteiger partial charge on any atom is -0.339 e. The molecule has 2 atom stereocenters. The van der Waals surface area contributed by atoms with Crippen molar-refractivity contribution in [1.29, 1.82) is 10.5 Å². The van der Waals surface area contributed by atoms with Gasteiger partial charge in [0.25, 0.3) is 0 Å². The summed E-state index contributed by atoms with van der Waals surface area (Å²) in [5.41, 5.74) is 2.54. The highest BCUT2D eigenvalue weighted by Crippen LogP contribution is 2.25. The Kier molecular flexibility index (Phi) is 7.06. The van der Waals surface area contributed by atoms with Crippen LogP contribution < -0.4 is 10.6 Å². The van der Waals surface area contributed by atoms with Gasteiger partial charge in [0.1, 0.15) is 12.1 Å². The molecule has 8 heteroatoms. The summed E-state index contributed by atoms with van der Waals surface area (Å²) in [4.78, 5) is 12.4. The number of nitriles is 2. The summed E-state index contributed by atoms with van der Waals surface area (Å²) in [6, 6.07) is 15.3. The van der Waals surface area contributed by atoms with E-state index in [4.69, 9.17) is 0 Å². The van der Waals surface area contributed by atoms with Crippen molar-refractivity contribution in [2.75, 3.05) is 12.8 Å². The normalized spacial score (nSPS) is 17.2. The molecular weight excluding hydrogens is 412 g/mol. The van der Waals surface area contributed by atoms with Gasteiger partial charge in [0.2, 0.25) is 5.91 Å². The lowest BCUT2D eigenvalue weighted by atomic mass is 9.99. The largest absolute Gasteiger partial charge is 0.339 e. The number of carbonyl (C=O) groups is 1. The van der Waals surface area contributed by atoms with Crippen molar-refractivity contribution < 1.29 is 13.2 Å². The minimum absolute atomic E-state index is 0.00966. The van der Waals surface area contributed by atoms with E-state index in [0.29, 0.717) is 6.42 Å². The second-order valence-electron chi connectivity index (χ2n) is 7.69. The number of benzene rings is 2. The van der Waals surface area contributed by atoms with E-state index in [2.05, 4.69) is 16.7 Å². The monoisotopic (exact) mass is 436 g/mol. The predicted octanol–water partition coefficient (Wildman–Crippen LogP) is 2.32. The molecule has 1 amide bonds. The highest BCUT2D eigenvalue weighted by atomic mass is 32.2. The second-order valence-corrected chi connectivity index (χ2v) is 9.67. The molecular formula is C23H24N4O3S.